The van der Waals surface area contributed by atoms with Crippen LogP contribution in [0.3, 0.4) is 0 Å². The first-order valence-electron chi connectivity index (χ1n) is 7.40. The summed E-state index contributed by atoms with van der Waals surface area (Å²) in [6.07, 6.45) is -1.69. The molecule has 0 aliphatic heterocycles. The highest BCUT2D eigenvalue weighted by Crippen LogP contribution is 2.17. The molecule has 0 radical (unpaired) electrons. The van der Waals surface area contributed by atoms with Crippen molar-refractivity contribution in [2.45, 2.75) is 11.0 Å². The molecule has 0 spiro atoms. The van der Waals surface area contributed by atoms with E-state index in [9.17, 15) is 24.3 Å². The van der Waals surface area contributed by atoms with Crippen LogP contribution in [0.1, 0.15) is 11.7 Å². The monoisotopic (exact) mass is 392 g/mol. The summed E-state index contributed by atoms with van der Waals surface area (Å²) in [5.41, 5.74) is 0.134. The van der Waals surface area contributed by atoms with E-state index in [1.807, 2.05) is 30.3 Å². The van der Waals surface area contributed by atoms with E-state index in [-0.39, 0.29) is 17.1 Å². The summed E-state index contributed by atoms with van der Waals surface area (Å²) in [5.74, 6) is -5.17. The Kier molecular flexibility index (Phi) is 8.70. The Bertz CT molecular complexity index is 802. The Balaban J connectivity index is 0.000000271. The van der Waals surface area contributed by atoms with Gasteiger partial charge in [-0.1, -0.05) is 30.3 Å². The highest BCUT2D eigenvalue weighted by molar-refractivity contribution is 8.00. The highest BCUT2D eigenvalue weighted by Gasteiger charge is 2.23. The van der Waals surface area contributed by atoms with Gasteiger partial charge in [-0.3, -0.25) is 9.59 Å². The normalized spacial score (nSPS) is 10.9. The van der Waals surface area contributed by atoms with Crippen molar-refractivity contribution in [3.8, 4) is 5.75 Å². The van der Waals surface area contributed by atoms with E-state index in [1.165, 1.54) is 36.0 Å². The van der Waals surface area contributed by atoms with Gasteiger partial charge in [0.05, 0.1) is 5.75 Å². The van der Waals surface area contributed by atoms with Gasteiger partial charge in [-0.25, -0.2) is 9.59 Å². The SMILES string of the molecule is O=C(O)C(=O)C(O)c1ccc(O)cc1.O=C(O)C(=O)CSc1ccccc1. The van der Waals surface area contributed by atoms with E-state index in [0.29, 0.717) is 0 Å². The molecule has 2 rings (SSSR count). The van der Waals surface area contributed by atoms with Crippen molar-refractivity contribution in [1.29, 1.82) is 0 Å². The number of carboxylic acid groups (broad SMARTS) is 2. The summed E-state index contributed by atoms with van der Waals surface area (Å²) >= 11 is 1.23. The van der Waals surface area contributed by atoms with Crippen molar-refractivity contribution >= 4 is 35.3 Å². The molecule has 27 heavy (non-hydrogen) atoms. The number of aliphatic hydroxyl groups is 1. The number of benzene rings is 2. The van der Waals surface area contributed by atoms with Crippen LogP contribution in [-0.4, -0.2) is 49.7 Å². The number of phenolic OH excluding ortho intramolecular Hbond substituents is 1. The molecule has 2 aromatic rings. The number of aromatic hydroxyl groups is 1. The molecule has 0 amide bonds. The molecule has 0 heterocycles. The third-order valence-corrected chi connectivity index (χ3v) is 4.03. The van der Waals surface area contributed by atoms with Crippen LogP contribution in [0.2, 0.25) is 0 Å². The van der Waals surface area contributed by atoms with Crippen LogP contribution in [0.25, 0.3) is 0 Å². The number of aliphatic carboxylic acids is 2. The molecule has 1 unspecified atom stereocenters. The minimum absolute atomic E-state index is 0.0145. The summed E-state index contributed by atoms with van der Waals surface area (Å²) in [4.78, 5) is 42.8. The van der Waals surface area contributed by atoms with Crippen LogP contribution < -0.4 is 0 Å². The molecule has 0 aromatic heterocycles. The molecule has 0 saturated carbocycles. The number of hydrogen-bond donors (Lipinski definition) is 4. The molecule has 9 heteroatoms. The summed E-state index contributed by atoms with van der Waals surface area (Å²) in [6, 6.07) is 14.3. The second-order valence-corrected chi connectivity index (χ2v) is 6.04. The first-order chi connectivity index (χ1) is 12.7. The minimum Gasteiger partial charge on any atom is -0.508 e. The van der Waals surface area contributed by atoms with E-state index < -0.39 is 29.6 Å². The molecule has 142 valence electrons. The molecule has 0 bridgehead atoms. The van der Waals surface area contributed by atoms with Crippen molar-refractivity contribution in [1.82, 2.24) is 0 Å². The smallest absolute Gasteiger partial charge is 0.375 e. The van der Waals surface area contributed by atoms with Gasteiger partial charge >= 0.3 is 11.9 Å². The quantitative estimate of drug-likeness (QED) is 0.406. The van der Waals surface area contributed by atoms with Crippen molar-refractivity contribution in [3.63, 3.8) is 0 Å². The van der Waals surface area contributed by atoms with Crippen molar-refractivity contribution < 1.29 is 39.6 Å². The van der Waals surface area contributed by atoms with Gasteiger partial charge < -0.3 is 20.4 Å². The van der Waals surface area contributed by atoms with Crippen molar-refractivity contribution in [2.24, 2.45) is 0 Å². The van der Waals surface area contributed by atoms with Crippen LogP contribution in [0, 0.1) is 0 Å². The number of aliphatic hydroxyl groups excluding tert-OH is 1. The Labute approximate surface area is 158 Å². The number of carbonyl (C=O) groups excluding carboxylic acids is 2. The summed E-state index contributed by atoms with van der Waals surface area (Å²) < 4.78 is 0. The highest BCUT2D eigenvalue weighted by atomic mass is 32.2. The summed E-state index contributed by atoms with van der Waals surface area (Å²) in [6.45, 7) is 0. The second-order valence-electron chi connectivity index (χ2n) is 4.99. The van der Waals surface area contributed by atoms with Gasteiger partial charge in [-0.15, -0.1) is 11.8 Å². The van der Waals surface area contributed by atoms with Crippen LogP contribution in [0.5, 0.6) is 5.75 Å². The van der Waals surface area contributed by atoms with Crippen LogP contribution in [-0.2, 0) is 19.2 Å². The van der Waals surface area contributed by atoms with E-state index in [0.717, 1.165) is 4.90 Å². The molecule has 2 aromatic carbocycles. The van der Waals surface area contributed by atoms with Crippen molar-refractivity contribution in [2.75, 3.05) is 5.75 Å². The standard InChI is InChI=1S/C9H8O5.C9H8O3S/c10-6-3-1-5(2-4-6)7(11)8(12)9(13)14;10-8(9(11)12)6-13-7-4-2-1-3-5-7/h1-4,7,10-11H,(H,13,14);1-5H,6H2,(H,11,12). The number of ketones is 2. The predicted octanol–water partition coefficient (Wildman–Crippen LogP) is 1.51. The molecule has 4 N–H and O–H groups in total. The molecule has 0 fully saturated rings. The van der Waals surface area contributed by atoms with E-state index in [4.69, 9.17) is 15.3 Å². The topological polar surface area (TPSA) is 149 Å². The van der Waals surface area contributed by atoms with E-state index in [2.05, 4.69) is 0 Å². The lowest BCUT2D eigenvalue weighted by Gasteiger charge is -2.06. The van der Waals surface area contributed by atoms with Gasteiger partial charge in [-0.05, 0) is 29.8 Å². The molecule has 0 aliphatic carbocycles. The molecule has 1 atom stereocenters. The third kappa shape index (κ3) is 7.72. The molecular formula is C18H16O8S. The maximum Gasteiger partial charge on any atom is 0.375 e. The van der Waals surface area contributed by atoms with Crippen LogP contribution in [0.15, 0.2) is 59.5 Å². The zero-order valence-corrected chi connectivity index (χ0v) is 14.6. The van der Waals surface area contributed by atoms with Gasteiger partial charge in [0, 0.05) is 4.90 Å². The average Bonchev–Trinajstić information content (AvgIpc) is 2.66. The second kappa shape index (κ2) is 10.7. The largest absolute Gasteiger partial charge is 0.508 e. The van der Waals surface area contributed by atoms with Gasteiger partial charge in [0.15, 0.2) is 0 Å². The van der Waals surface area contributed by atoms with Crippen LogP contribution in [0.4, 0.5) is 0 Å². The first kappa shape index (κ1) is 21.9. The zero-order chi connectivity index (χ0) is 20.4. The zero-order valence-electron chi connectivity index (χ0n) is 13.8. The summed E-state index contributed by atoms with van der Waals surface area (Å²) in [5, 5.41) is 34.7. The Hall–Kier alpha value is -3.17. The lowest BCUT2D eigenvalue weighted by molar-refractivity contribution is -0.153. The van der Waals surface area contributed by atoms with E-state index in [1.54, 1.807) is 0 Å². The Morgan fingerprint density at radius 3 is 1.89 bits per heavy atom. The lowest BCUT2D eigenvalue weighted by Crippen LogP contribution is -2.21. The number of thioether (sulfide) groups is 1. The van der Waals surface area contributed by atoms with Gasteiger partial charge in [0.25, 0.3) is 5.78 Å². The number of carboxylic acids is 2. The number of rotatable bonds is 7. The molecule has 0 saturated heterocycles. The Morgan fingerprint density at radius 2 is 1.41 bits per heavy atom. The fraction of sp³-hybridized carbons (Fsp3) is 0.111. The number of carbonyl (C=O) groups is 4. The predicted molar refractivity (Wildman–Crippen MR) is 95.5 cm³/mol. The Morgan fingerprint density at radius 1 is 0.852 bits per heavy atom. The lowest BCUT2D eigenvalue weighted by atomic mass is 10.1. The molecular weight excluding hydrogens is 376 g/mol. The van der Waals surface area contributed by atoms with Gasteiger partial charge in [0.1, 0.15) is 11.9 Å². The van der Waals surface area contributed by atoms with E-state index >= 15 is 0 Å². The third-order valence-electron chi connectivity index (χ3n) is 3.02. The number of phenols is 1. The number of Topliss-reactive ketones (excluding diaryl/α,β-unsaturated/α-hetero) is 2. The first-order valence-corrected chi connectivity index (χ1v) is 8.39. The van der Waals surface area contributed by atoms with Crippen LogP contribution >= 0.6 is 11.8 Å². The fourth-order valence-corrected chi connectivity index (χ4v) is 2.42. The van der Waals surface area contributed by atoms with Gasteiger partial charge in [0.2, 0.25) is 5.78 Å². The van der Waals surface area contributed by atoms with Crippen molar-refractivity contribution in [3.05, 3.63) is 60.2 Å². The summed E-state index contributed by atoms with van der Waals surface area (Å²) in [7, 11) is 0. The fourth-order valence-electron chi connectivity index (χ4n) is 1.65. The minimum atomic E-state index is -1.69. The molecule has 8 nitrogen and oxygen atoms in total. The molecule has 0 aliphatic rings. The maximum absolute atomic E-state index is 10.8. The number of hydrogen-bond acceptors (Lipinski definition) is 7. The maximum atomic E-state index is 10.8. The average molecular weight is 392 g/mol. The van der Waals surface area contributed by atoms with Gasteiger partial charge in [-0.2, -0.15) is 0 Å².